The Hall–Kier alpha value is 0.857. The molecule has 7 rings (SSSR count). The maximum Gasteiger partial charge on any atom is 0.116 e. The molecular formula is C22H14S10Si. The van der Waals surface area contributed by atoms with Gasteiger partial charge < -0.3 is 0 Å². The van der Waals surface area contributed by atoms with E-state index in [4.69, 9.17) is 0 Å². The zero-order chi connectivity index (χ0) is 22.2. The summed E-state index contributed by atoms with van der Waals surface area (Å²) in [6.45, 7) is 5.08. The van der Waals surface area contributed by atoms with Crippen LogP contribution in [0.2, 0.25) is 13.1 Å². The highest BCUT2D eigenvalue weighted by Gasteiger charge is 2.44. The highest BCUT2D eigenvalue weighted by Crippen LogP contribution is 2.60. The molecule has 5 aliphatic rings. The summed E-state index contributed by atoms with van der Waals surface area (Å²) < 4.78 is 5.74. The lowest BCUT2D eigenvalue weighted by molar-refractivity contribution is 1.88. The number of fused-ring (bicyclic) bond motifs is 3. The average molecular weight is 627 g/mol. The number of rotatable bonds is 2. The molecule has 0 aromatic carbocycles. The first-order chi connectivity index (χ1) is 16.1. The fourth-order valence-corrected chi connectivity index (χ4v) is 20.3. The molecule has 33 heavy (non-hydrogen) atoms. The average Bonchev–Trinajstić information content (AvgIpc) is 3.66. The summed E-state index contributed by atoms with van der Waals surface area (Å²) in [5, 5.41) is 21.8. The monoisotopic (exact) mass is 626 g/mol. The van der Waals surface area contributed by atoms with Crippen LogP contribution < -0.4 is 10.4 Å². The molecule has 0 spiro atoms. The van der Waals surface area contributed by atoms with E-state index in [-0.39, 0.29) is 0 Å². The quantitative estimate of drug-likeness (QED) is 0.298. The normalized spacial score (nSPS) is 22.6. The molecule has 0 radical (unpaired) electrons. The van der Waals surface area contributed by atoms with Gasteiger partial charge in [0.1, 0.15) is 8.07 Å². The number of hydrogen-bond acceptors (Lipinski definition) is 10. The SMILES string of the molecule is C[Si]1(C)c2csc(C3=CSC(=C4SC=CS4)S3)c2-c2c1csc2C1=CSC(=C2SC=CS2)S1. The predicted molar refractivity (Wildman–Crippen MR) is 173 cm³/mol. The number of thioether (sulfide) groups is 8. The minimum Gasteiger partial charge on any atom is -0.143 e. The fourth-order valence-electron chi connectivity index (χ4n) is 4.14. The summed E-state index contributed by atoms with van der Waals surface area (Å²) in [5.74, 6) is 0. The third-order valence-corrected chi connectivity index (χ3v) is 22.0. The van der Waals surface area contributed by atoms with Crippen molar-refractivity contribution in [1.29, 1.82) is 0 Å². The molecule has 7 heterocycles. The van der Waals surface area contributed by atoms with Crippen LogP contribution in [0, 0.1) is 0 Å². The summed E-state index contributed by atoms with van der Waals surface area (Å²) in [7, 11) is -1.65. The Bertz CT molecular complexity index is 1270. The summed E-state index contributed by atoms with van der Waals surface area (Å²) in [6, 6.07) is 0. The first kappa shape index (κ1) is 23.0. The van der Waals surface area contributed by atoms with E-state index < -0.39 is 8.07 Å². The second kappa shape index (κ2) is 9.00. The van der Waals surface area contributed by atoms with Crippen molar-refractivity contribution in [3.63, 3.8) is 0 Å². The Morgan fingerprint density at radius 3 is 1.39 bits per heavy atom. The molecule has 0 fully saturated rings. The third-order valence-electron chi connectivity index (χ3n) is 5.72. The molecular weight excluding hydrogens is 613 g/mol. The van der Waals surface area contributed by atoms with Crippen LogP contribution in [-0.2, 0) is 0 Å². The molecule has 0 N–H and O–H groups in total. The van der Waals surface area contributed by atoms with E-state index in [1.807, 2.05) is 117 Å². The second-order valence-corrected chi connectivity index (χ2v) is 22.6. The van der Waals surface area contributed by atoms with Gasteiger partial charge in [0, 0.05) is 30.7 Å². The molecule has 2 aromatic rings. The van der Waals surface area contributed by atoms with Gasteiger partial charge in [-0.1, -0.05) is 107 Å². The topological polar surface area (TPSA) is 0 Å². The van der Waals surface area contributed by atoms with E-state index in [0.717, 1.165) is 0 Å². The van der Waals surface area contributed by atoms with Crippen LogP contribution in [0.3, 0.4) is 0 Å². The lowest BCUT2D eigenvalue weighted by Gasteiger charge is -2.15. The zero-order valence-electron chi connectivity index (χ0n) is 17.2. The summed E-state index contributed by atoms with van der Waals surface area (Å²) in [6.07, 6.45) is 0. The maximum absolute atomic E-state index is 2.54. The van der Waals surface area contributed by atoms with Gasteiger partial charge in [0.15, 0.2) is 0 Å². The van der Waals surface area contributed by atoms with Crippen molar-refractivity contribution < 1.29 is 0 Å². The third kappa shape index (κ3) is 3.79. The molecule has 0 saturated heterocycles. The molecule has 5 aliphatic heterocycles. The lowest BCUT2D eigenvalue weighted by Crippen LogP contribution is -2.48. The van der Waals surface area contributed by atoms with Crippen LogP contribution in [0.5, 0.6) is 0 Å². The Labute approximate surface area is 236 Å². The van der Waals surface area contributed by atoms with Gasteiger partial charge in [-0.3, -0.25) is 0 Å². The molecule has 0 saturated carbocycles. The van der Waals surface area contributed by atoms with Gasteiger partial charge in [-0.25, -0.2) is 0 Å². The van der Waals surface area contributed by atoms with Crippen LogP contribution in [-0.4, -0.2) is 8.07 Å². The standard InChI is InChI=1S/C22H14S10Si/c1-33(2)13-9-27-17(11-7-29-21(31-11)19-23-3-4-24-19)15(13)16-14(33)10-28-18(16)12-8-30-22(32-12)20-25-5-6-26-20/h3-10H,1-2H3. The molecule has 0 amide bonds. The van der Waals surface area contributed by atoms with E-state index >= 15 is 0 Å². The first-order valence-electron chi connectivity index (χ1n) is 9.91. The number of hydrogen-bond donors (Lipinski definition) is 0. The Kier molecular flexibility index (Phi) is 6.28. The zero-order valence-corrected chi connectivity index (χ0v) is 26.4. The van der Waals surface area contributed by atoms with Gasteiger partial charge in [-0.15, -0.1) is 22.7 Å². The van der Waals surface area contributed by atoms with Crippen molar-refractivity contribution in [2.75, 3.05) is 0 Å². The molecule has 11 heteroatoms. The lowest BCUT2D eigenvalue weighted by atomic mass is 10.1. The molecule has 0 atom stereocenters. The van der Waals surface area contributed by atoms with E-state index in [9.17, 15) is 0 Å². The van der Waals surface area contributed by atoms with Gasteiger partial charge in [0.2, 0.25) is 0 Å². The van der Waals surface area contributed by atoms with Crippen molar-refractivity contribution in [1.82, 2.24) is 0 Å². The molecule has 0 aliphatic carbocycles. The summed E-state index contributed by atoms with van der Waals surface area (Å²) in [5.41, 5.74) is 3.11. The van der Waals surface area contributed by atoms with Crippen LogP contribution in [0.4, 0.5) is 0 Å². The van der Waals surface area contributed by atoms with E-state index in [2.05, 4.69) is 56.3 Å². The Morgan fingerprint density at radius 2 is 0.970 bits per heavy atom. The van der Waals surface area contributed by atoms with Gasteiger partial charge in [-0.2, -0.15) is 0 Å². The fraction of sp³-hybridized carbons (Fsp3) is 0.0909. The molecule has 166 valence electrons. The number of thiophene rings is 2. The molecule has 0 bridgehead atoms. The first-order valence-corrected chi connectivity index (χ1v) is 21.6. The molecule has 0 unspecified atom stereocenters. The van der Waals surface area contributed by atoms with E-state index in [0.29, 0.717) is 0 Å². The highest BCUT2D eigenvalue weighted by atomic mass is 32.2. The molecule has 2 aromatic heterocycles. The Morgan fingerprint density at radius 1 is 0.545 bits per heavy atom. The summed E-state index contributed by atoms with van der Waals surface area (Å²) in [4.78, 5) is 5.84. The van der Waals surface area contributed by atoms with Crippen molar-refractivity contribution in [3.8, 4) is 11.1 Å². The van der Waals surface area contributed by atoms with E-state index in [1.54, 1.807) is 21.5 Å². The van der Waals surface area contributed by atoms with Crippen molar-refractivity contribution in [2.45, 2.75) is 13.1 Å². The van der Waals surface area contributed by atoms with Gasteiger partial charge in [0.25, 0.3) is 0 Å². The van der Waals surface area contributed by atoms with Gasteiger partial charge >= 0.3 is 0 Å². The van der Waals surface area contributed by atoms with E-state index in [1.165, 1.54) is 36.5 Å². The van der Waals surface area contributed by atoms with Crippen LogP contribution in [0.15, 0.2) is 60.2 Å². The minimum atomic E-state index is -1.65. The second-order valence-electron chi connectivity index (χ2n) is 7.90. The van der Waals surface area contributed by atoms with Crippen molar-refractivity contribution in [2.24, 2.45) is 0 Å². The minimum absolute atomic E-state index is 1.43. The Balaban J connectivity index is 1.28. The predicted octanol–water partition coefficient (Wildman–Crippen LogP) is 10.3. The molecule has 0 nitrogen and oxygen atoms in total. The van der Waals surface area contributed by atoms with Gasteiger partial charge in [0.05, 0.1) is 16.9 Å². The van der Waals surface area contributed by atoms with Gasteiger partial charge in [-0.05, 0) is 53.6 Å². The highest BCUT2D eigenvalue weighted by molar-refractivity contribution is 8.36. The van der Waals surface area contributed by atoms with Crippen molar-refractivity contribution in [3.05, 3.63) is 69.9 Å². The largest absolute Gasteiger partial charge is 0.143 e. The van der Waals surface area contributed by atoms with Crippen LogP contribution >= 0.6 is 117 Å². The summed E-state index contributed by atoms with van der Waals surface area (Å²) >= 11 is 19.1. The smallest absolute Gasteiger partial charge is 0.116 e. The maximum atomic E-state index is 2.54. The van der Waals surface area contributed by atoms with Crippen molar-refractivity contribution >= 4 is 145 Å². The van der Waals surface area contributed by atoms with Crippen LogP contribution in [0.1, 0.15) is 9.75 Å². The van der Waals surface area contributed by atoms with Crippen LogP contribution in [0.25, 0.3) is 20.9 Å².